The zero-order valence-corrected chi connectivity index (χ0v) is 9.70. The Hall–Kier alpha value is -2.17. The van der Waals surface area contributed by atoms with Crippen LogP contribution in [0.25, 0.3) is 0 Å². The zero-order chi connectivity index (χ0) is 13.1. The Kier molecular flexibility index (Phi) is 3.41. The predicted octanol–water partition coefficient (Wildman–Crippen LogP) is 0.831. The van der Waals surface area contributed by atoms with Crippen LogP contribution in [0.5, 0.6) is 0 Å². The normalized spacial score (nSPS) is 17.0. The zero-order valence-electron chi connectivity index (χ0n) is 9.70. The van der Waals surface area contributed by atoms with Crippen LogP contribution in [0, 0.1) is 0 Å². The fraction of sp³-hybridized carbons (Fsp3) is 0.308. The number of benzene rings is 1. The topological polar surface area (TPSA) is 74.7 Å². The maximum absolute atomic E-state index is 11.6. The van der Waals surface area contributed by atoms with Crippen molar-refractivity contribution >= 4 is 17.8 Å². The van der Waals surface area contributed by atoms with Crippen molar-refractivity contribution in [1.29, 1.82) is 0 Å². The Balaban J connectivity index is 2.21. The number of aliphatic carboxylic acids is 1. The van der Waals surface area contributed by atoms with Crippen LogP contribution in [0.2, 0.25) is 0 Å². The third kappa shape index (κ3) is 2.40. The molecule has 1 N–H and O–H groups in total. The van der Waals surface area contributed by atoms with Gasteiger partial charge in [-0.1, -0.05) is 30.3 Å². The Morgan fingerprint density at radius 1 is 1.17 bits per heavy atom. The summed E-state index contributed by atoms with van der Waals surface area (Å²) < 4.78 is 0. The second kappa shape index (κ2) is 5.00. The smallest absolute Gasteiger partial charge is 0.327 e. The third-order valence-corrected chi connectivity index (χ3v) is 2.96. The molecule has 1 saturated heterocycles. The fourth-order valence-electron chi connectivity index (χ4n) is 2.07. The first-order valence-electron chi connectivity index (χ1n) is 5.71. The van der Waals surface area contributed by atoms with E-state index >= 15 is 0 Å². The molecule has 5 nitrogen and oxygen atoms in total. The summed E-state index contributed by atoms with van der Waals surface area (Å²) in [5.41, 5.74) is 0.789. The number of carbonyl (C=O) groups excluding carboxylic acids is 2. The summed E-state index contributed by atoms with van der Waals surface area (Å²) in [4.78, 5) is 35.2. The molecule has 0 spiro atoms. The molecule has 5 heteroatoms. The van der Waals surface area contributed by atoms with Gasteiger partial charge in [-0.05, 0) is 5.56 Å². The molecule has 1 aromatic rings. The highest BCUT2D eigenvalue weighted by Gasteiger charge is 2.38. The van der Waals surface area contributed by atoms with E-state index in [0.717, 1.165) is 10.5 Å². The first kappa shape index (κ1) is 12.3. The van der Waals surface area contributed by atoms with Crippen molar-refractivity contribution in [1.82, 2.24) is 4.90 Å². The van der Waals surface area contributed by atoms with E-state index in [1.165, 1.54) is 0 Å². The lowest BCUT2D eigenvalue weighted by Gasteiger charge is -2.22. The highest BCUT2D eigenvalue weighted by Crippen LogP contribution is 2.18. The maximum Gasteiger partial charge on any atom is 0.327 e. The van der Waals surface area contributed by atoms with Crippen molar-refractivity contribution < 1.29 is 19.5 Å². The SMILES string of the molecule is O=C(O)[C@H](Cc1ccccc1)N1C(=O)CCC1=O. The van der Waals surface area contributed by atoms with Gasteiger partial charge in [0, 0.05) is 19.3 Å². The minimum Gasteiger partial charge on any atom is -0.480 e. The molecule has 0 bridgehead atoms. The van der Waals surface area contributed by atoms with Gasteiger partial charge in [0.2, 0.25) is 11.8 Å². The van der Waals surface area contributed by atoms with Gasteiger partial charge in [0.05, 0.1) is 0 Å². The molecule has 1 aliphatic rings. The van der Waals surface area contributed by atoms with Crippen LogP contribution < -0.4 is 0 Å². The van der Waals surface area contributed by atoms with E-state index in [2.05, 4.69) is 0 Å². The minimum atomic E-state index is -1.15. The molecule has 1 heterocycles. The van der Waals surface area contributed by atoms with Crippen LogP contribution in [-0.2, 0) is 20.8 Å². The summed E-state index contributed by atoms with van der Waals surface area (Å²) in [6.07, 6.45) is 0.364. The van der Waals surface area contributed by atoms with Crippen LogP contribution in [0.4, 0.5) is 0 Å². The summed E-state index contributed by atoms with van der Waals surface area (Å²) in [7, 11) is 0. The molecule has 18 heavy (non-hydrogen) atoms. The quantitative estimate of drug-likeness (QED) is 0.800. The molecule has 0 radical (unpaired) electrons. The maximum atomic E-state index is 11.6. The standard InChI is InChI=1S/C13H13NO4/c15-11-6-7-12(16)14(11)10(13(17)18)8-9-4-2-1-3-5-9/h1-5,10H,6-8H2,(H,17,18)/t10-/m0/s1. The molecule has 1 atom stereocenters. The number of hydrogen-bond donors (Lipinski definition) is 1. The van der Waals surface area contributed by atoms with E-state index in [4.69, 9.17) is 0 Å². The number of rotatable bonds is 4. The third-order valence-electron chi connectivity index (χ3n) is 2.96. The number of carbonyl (C=O) groups is 3. The average Bonchev–Trinajstić information content (AvgIpc) is 2.67. The van der Waals surface area contributed by atoms with E-state index in [1.54, 1.807) is 24.3 Å². The van der Waals surface area contributed by atoms with Gasteiger partial charge in [0.15, 0.2) is 0 Å². The van der Waals surface area contributed by atoms with Crippen molar-refractivity contribution in [2.75, 3.05) is 0 Å². The number of hydrogen-bond acceptors (Lipinski definition) is 3. The molecule has 2 amide bonds. The highest BCUT2D eigenvalue weighted by atomic mass is 16.4. The number of likely N-dealkylation sites (tertiary alicyclic amines) is 1. The Bertz CT molecular complexity index is 467. The first-order chi connectivity index (χ1) is 8.59. The van der Waals surface area contributed by atoms with Gasteiger partial charge in [-0.15, -0.1) is 0 Å². The average molecular weight is 247 g/mol. The van der Waals surface area contributed by atoms with Crippen molar-refractivity contribution in [3.8, 4) is 0 Å². The number of imide groups is 1. The van der Waals surface area contributed by atoms with Gasteiger partial charge in [-0.3, -0.25) is 14.5 Å². The van der Waals surface area contributed by atoms with E-state index in [1.807, 2.05) is 6.07 Å². The van der Waals surface area contributed by atoms with E-state index in [9.17, 15) is 19.5 Å². The van der Waals surface area contributed by atoms with Crippen LogP contribution in [0.15, 0.2) is 30.3 Å². The Labute approximate surface area is 104 Å². The summed E-state index contributed by atoms with van der Waals surface area (Å²) in [6, 6.07) is 7.87. The summed E-state index contributed by atoms with van der Waals surface area (Å²) in [5.74, 6) is -1.95. The van der Waals surface area contributed by atoms with E-state index in [0.29, 0.717) is 0 Å². The van der Waals surface area contributed by atoms with E-state index < -0.39 is 23.8 Å². The predicted molar refractivity (Wildman–Crippen MR) is 62.7 cm³/mol. The molecule has 1 aliphatic heterocycles. The van der Waals surface area contributed by atoms with Gasteiger partial charge >= 0.3 is 5.97 Å². The molecule has 0 unspecified atom stereocenters. The van der Waals surface area contributed by atoms with Crippen molar-refractivity contribution in [2.24, 2.45) is 0 Å². The molecule has 0 saturated carbocycles. The monoisotopic (exact) mass is 247 g/mol. The molecule has 0 aromatic heterocycles. The van der Waals surface area contributed by atoms with Crippen LogP contribution in [0.1, 0.15) is 18.4 Å². The van der Waals surface area contributed by atoms with Gasteiger partial charge < -0.3 is 5.11 Å². The summed E-state index contributed by atoms with van der Waals surface area (Å²) in [5, 5.41) is 9.18. The van der Waals surface area contributed by atoms with Crippen LogP contribution >= 0.6 is 0 Å². The fourth-order valence-corrected chi connectivity index (χ4v) is 2.07. The minimum absolute atomic E-state index is 0.109. The molecular formula is C13H13NO4. The van der Waals surface area contributed by atoms with Gasteiger partial charge in [-0.25, -0.2) is 4.79 Å². The lowest BCUT2D eigenvalue weighted by Crippen LogP contribution is -2.45. The Morgan fingerprint density at radius 2 is 1.72 bits per heavy atom. The molecule has 2 rings (SSSR count). The summed E-state index contributed by atoms with van der Waals surface area (Å²) in [6.45, 7) is 0. The molecular weight excluding hydrogens is 234 g/mol. The number of carboxylic acid groups (broad SMARTS) is 1. The largest absolute Gasteiger partial charge is 0.480 e. The lowest BCUT2D eigenvalue weighted by atomic mass is 10.1. The Morgan fingerprint density at radius 3 is 2.22 bits per heavy atom. The van der Waals surface area contributed by atoms with Crippen molar-refractivity contribution in [3.05, 3.63) is 35.9 Å². The first-order valence-corrected chi connectivity index (χ1v) is 5.71. The molecule has 94 valence electrons. The lowest BCUT2D eigenvalue weighted by molar-refractivity contribution is -0.154. The molecule has 0 aliphatic carbocycles. The van der Waals surface area contributed by atoms with Gasteiger partial charge in [-0.2, -0.15) is 0 Å². The number of carboxylic acids is 1. The number of nitrogens with zero attached hydrogens (tertiary/aromatic N) is 1. The van der Waals surface area contributed by atoms with Gasteiger partial charge in [0.1, 0.15) is 6.04 Å². The summed E-state index contributed by atoms with van der Waals surface area (Å²) >= 11 is 0. The highest BCUT2D eigenvalue weighted by molar-refractivity contribution is 6.04. The molecule has 1 fully saturated rings. The second-order valence-corrected chi connectivity index (χ2v) is 4.20. The van der Waals surface area contributed by atoms with Crippen LogP contribution in [-0.4, -0.2) is 33.8 Å². The molecule has 1 aromatic carbocycles. The van der Waals surface area contributed by atoms with Gasteiger partial charge in [0.25, 0.3) is 0 Å². The van der Waals surface area contributed by atoms with Crippen molar-refractivity contribution in [2.45, 2.75) is 25.3 Å². The van der Waals surface area contributed by atoms with Crippen molar-refractivity contribution in [3.63, 3.8) is 0 Å². The van der Waals surface area contributed by atoms with E-state index in [-0.39, 0.29) is 19.3 Å². The number of amides is 2. The van der Waals surface area contributed by atoms with Crippen LogP contribution in [0.3, 0.4) is 0 Å². The second-order valence-electron chi connectivity index (χ2n) is 4.20.